The first-order chi connectivity index (χ1) is 13.3. The number of amides is 1. The summed E-state index contributed by atoms with van der Waals surface area (Å²) < 4.78 is 22.8. The summed E-state index contributed by atoms with van der Waals surface area (Å²) in [5.41, 5.74) is 7.20. The van der Waals surface area contributed by atoms with Gasteiger partial charge in [0.05, 0.1) is 18.1 Å². The van der Waals surface area contributed by atoms with Crippen LogP contribution in [-0.4, -0.2) is 75.5 Å². The summed E-state index contributed by atoms with van der Waals surface area (Å²) >= 11 is 5.93. The summed E-state index contributed by atoms with van der Waals surface area (Å²) in [5.74, 6) is 0.422. The van der Waals surface area contributed by atoms with E-state index in [4.69, 9.17) is 17.3 Å². The van der Waals surface area contributed by atoms with E-state index < -0.39 is 9.84 Å². The number of rotatable bonds is 5. The van der Waals surface area contributed by atoms with Crippen molar-refractivity contribution in [1.82, 2.24) is 10.2 Å². The number of piperazine rings is 1. The van der Waals surface area contributed by atoms with Gasteiger partial charge in [-0.15, -0.1) is 24.0 Å². The lowest BCUT2D eigenvalue weighted by Gasteiger charge is -2.36. The average Bonchev–Trinajstić information content (AvgIpc) is 3.00. The van der Waals surface area contributed by atoms with Crippen molar-refractivity contribution >= 4 is 63.0 Å². The van der Waals surface area contributed by atoms with Gasteiger partial charge in [0.1, 0.15) is 0 Å². The molecule has 3 N–H and O–H groups in total. The molecule has 2 aliphatic heterocycles. The van der Waals surface area contributed by atoms with Gasteiger partial charge in [-0.2, -0.15) is 0 Å². The number of carbonyl (C=O) groups excluding carboxylic acids is 1. The molecule has 0 radical (unpaired) electrons. The summed E-state index contributed by atoms with van der Waals surface area (Å²) in [6.45, 7) is 3.45. The van der Waals surface area contributed by atoms with Crippen molar-refractivity contribution < 1.29 is 13.2 Å². The summed E-state index contributed by atoms with van der Waals surface area (Å²) in [4.78, 5) is 20.5. The average molecular weight is 556 g/mol. The second kappa shape index (κ2) is 10.7. The molecule has 0 spiro atoms. The van der Waals surface area contributed by atoms with Crippen LogP contribution < -0.4 is 16.0 Å². The first kappa shape index (κ1) is 24.0. The Labute approximate surface area is 193 Å². The third-order valence-corrected chi connectivity index (χ3v) is 7.03. The first-order valence-corrected chi connectivity index (χ1v) is 11.6. The molecule has 2 aliphatic rings. The second-order valence-electron chi connectivity index (χ2n) is 7.11. The standard InChI is InChI=1S/C18H26ClN5O3S.HI/c19-14-1-3-16(4-2-14)23-8-10-24(11-9-23)18(20)21-7-5-17(25)22-15-6-12-28(26,27)13-15;/h1-4,15H,5-13H2,(H2,20,21)(H,22,25);1H. The minimum absolute atomic E-state index is 0. The third-order valence-electron chi connectivity index (χ3n) is 5.01. The van der Waals surface area contributed by atoms with Gasteiger partial charge in [0.25, 0.3) is 0 Å². The van der Waals surface area contributed by atoms with Crippen LogP contribution in [0.25, 0.3) is 0 Å². The van der Waals surface area contributed by atoms with E-state index in [1.165, 1.54) is 0 Å². The molecule has 0 bridgehead atoms. The van der Waals surface area contributed by atoms with Gasteiger partial charge in [0.15, 0.2) is 15.8 Å². The fraction of sp³-hybridized carbons (Fsp3) is 0.556. The molecular formula is C18H27ClIN5O3S. The van der Waals surface area contributed by atoms with Crippen LogP contribution in [-0.2, 0) is 14.6 Å². The highest BCUT2D eigenvalue weighted by molar-refractivity contribution is 14.0. The lowest BCUT2D eigenvalue weighted by atomic mass is 10.2. The summed E-state index contributed by atoms with van der Waals surface area (Å²) in [6, 6.07) is 7.49. The maximum Gasteiger partial charge on any atom is 0.222 e. The Balaban J connectivity index is 0.00000300. The van der Waals surface area contributed by atoms with Crippen molar-refractivity contribution in [3.8, 4) is 0 Å². The number of nitrogens with two attached hydrogens (primary N) is 1. The van der Waals surface area contributed by atoms with Crippen molar-refractivity contribution in [3.05, 3.63) is 29.3 Å². The molecule has 1 atom stereocenters. The van der Waals surface area contributed by atoms with Crippen LogP contribution in [0.5, 0.6) is 0 Å². The number of benzene rings is 1. The van der Waals surface area contributed by atoms with Crippen molar-refractivity contribution in [3.63, 3.8) is 0 Å². The van der Waals surface area contributed by atoms with Crippen molar-refractivity contribution in [2.45, 2.75) is 18.9 Å². The number of nitrogens with one attached hydrogen (secondary N) is 1. The molecule has 2 saturated heterocycles. The Kier molecular flexibility index (Phi) is 8.83. The zero-order valence-corrected chi connectivity index (χ0v) is 20.0. The maximum absolute atomic E-state index is 11.9. The molecule has 2 heterocycles. The number of hydrogen-bond donors (Lipinski definition) is 2. The molecule has 1 unspecified atom stereocenters. The predicted molar refractivity (Wildman–Crippen MR) is 127 cm³/mol. The number of halogens is 2. The molecular weight excluding hydrogens is 529 g/mol. The van der Waals surface area contributed by atoms with Crippen LogP contribution in [0.2, 0.25) is 5.02 Å². The maximum atomic E-state index is 11.9. The minimum atomic E-state index is -3.00. The van der Waals surface area contributed by atoms with Crippen LogP contribution in [0.3, 0.4) is 0 Å². The van der Waals surface area contributed by atoms with E-state index in [1.54, 1.807) is 0 Å². The van der Waals surface area contributed by atoms with Gasteiger partial charge in [-0.3, -0.25) is 9.79 Å². The summed E-state index contributed by atoms with van der Waals surface area (Å²) in [6.07, 6.45) is 0.680. The van der Waals surface area contributed by atoms with Crippen LogP contribution in [0.15, 0.2) is 29.3 Å². The van der Waals surface area contributed by atoms with Gasteiger partial charge in [-0.05, 0) is 30.7 Å². The van der Waals surface area contributed by atoms with E-state index >= 15 is 0 Å². The number of carbonyl (C=O) groups is 1. The Hall–Kier alpha value is -1.27. The van der Waals surface area contributed by atoms with Crippen LogP contribution in [0, 0.1) is 0 Å². The highest BCUT2D eigenvalue weighted by atomic mass is 127. The molecule has 0 saturated carbocycles. The number of anilines is 1. The van der Waals surface area contributed by atoms with E-state index in [-0.39, 0.29) is 60.4 Å². The van der Waals surface area contributed by atoms with Crippen LogP contribution in [0.1, 0.15) is 12.8 Å². The van der Waals surface area contributed by atoms with Gasteiger partial charge in [0, 0.05) is 49.4 Å². The number of hydrogen-bond acceptors (Lipinski definition) is 5. The zero-order chi connectivity index (χ0) is 20.1. The molecule has 0 aliphatic carbocycles. The molecule has 2 fully saturated rings. The monoisotopic (exact) mass is 555 g/mol. The third kappa shape index (κ3) is 7.18. The lowest BCUT2D eigenvalue weighted by molar-refractivity contribution is -0.121. The first-order valence-electron chi connectivity index (χ1n) is 9.37. The van der Waals surface area contributed by atoms with Gasteiger partial charge in [-0.25, -0.2) is 8.42 Å². The molecule has 11 heteroatoms. The molecule has 162 valence electrons. The van der Waals surface area contributed by atoms with Crippen molar-refractivity contribution in [2.75, 3.05) is 49.1 Å². The van der Waals surface area contributed by atoms with Crippen LogP contribution >= 0.6 is 35.6 Å². The Morgan fingerprint density at radius 1 is 1.21 bits per heavy atom. The smallest absolute Gasteiger partial charge is 0.222 e. The van der Waals surface area contributed by atoms with Crippen LogP contribution in [0.4, 0.5) is 5.69 Å². The van der Waals surface area contributed by atoms with E-state index in [2.05, 4.69) is 15.2 Å². The molecule has 8 nitrogen and oxygen atoms in total. The van der Waals surface area contributed by atoms with Gasteiger partial charge < -0.3 is 20.9 Å². The quantitative estimate of drug-likeness (QED) is 0.320. The van der Waals surface area contributed by atoms with E-state index in [1.807, 2.05) is 29.2 Å². The molecule has 1 aromatic carbocycles. The number of aliphatic imine (C=N–C) groups is 1. The number of guanidine groups is 1. The summed E-state index contributed by atoms with van der Waals surface area (Å²) in [5, 5.41) is 3.48. The topological polar surface area (TPSA) is 108 Å². The van der Waals surface area contributed by atoms with Gasteiger partial charge in [-0.1, -0.05) is 11.6 Å². The van der Waals surface area contributed by atoms with Crippen molar-refractivity contribution in [1.29, 1.82) is 0 Å². The van der Waals surface area contributed by atoms with E-state index in [0.29, 0.717) is 12.4 Å². The molecule has 1 amide bonds. The van der Waals surface area contributed by atoms with E-state index in [0.717, 1.165) is 36.9 Å². The Bertz CT molecular complexity index is 826. The Morgan fingerprint density at radius 3 is 2.45 bits per heavy atom. The van der Waals surface area contributed by atoms with Gasteiger partial charge in [0.2, 0.25) is 5.91 Å². The minimum Gasteiger partial charge on any atom is -0.370 e. The van der Waals surface area contributed by atoms with E-state index in [9.17, 15) is 13.2 Å². The summed E-state index contributed by atoms with van der Waals surface area (Å²) in [7, 11) is -3.00. The largest absolute Gasteiger partial charge is 0.370 e. The second-order valence-corrected chi connectivity index (χ2v) is 9.77. The highest BCUT2D eigenvalue weighted by Gasteiger charge is 2.28. The molecule has 29 heavy (non-hydrogen) atoms. The molecule has 1 aromatic rings. The Morgan fingerprint density at radius 2 is 1.86 bits per heavy atom. The number of sulfone groups is 1. The SMILES string of the molecule is I.NC(=NCCC(=O)NC1CCS(=O)(=O)C1)N1CCN(c2ccc(Cl)cc2)CC1. The fourth-order valence-electron chi connectivity index (χ4n) is 3.43. The highest BCUT2D eigenvalue weighted by Crippen LogP contribution is 2.19. The number of nitrogens with zero attached hydrogens (tertiary/aromatic N) is 3. The zero-order valence-electron chi connectivity index (χ0n) is 16.1. The fourth-order valence-corrected chi connectivity index (χ4v) is 5.23. The molecule has 0 aromatic heterocycles. The molecule has 3 rings (SSSR count). The lowest BCUT2D eigenvalue weighted by Crippen LogP contribution is -2.51. The normalized spacial score (nSPS) is 21.6. The van der Waals surface area contributed by atoms with Gasteiger partial charge >= 0.3 is 0 Å². The predicted octanol–water partition coefficient (Wildman–Crippen LogP) is 1.09. The van der Waals surface area contributed by atoms with Crippen molar-refractivity contribution in [2.24, 2.45) is 10.7 Å².